The van der Waals surface area contributed by atoms with Gasteiger partial charge in [0.05, 0.1) is 13.2 Å². The number of aryl methyl sites for hydroxylation is 1. The average Bonchev–Trinajstić information content (AvgIpc) is 2.47. The van der Waals surface area contributed by atoms with Gasteiger partial charge in [-0.1, -0.05) is 0 Å². The number of nitrogens with two attached hydrogens (primary N) is 1. The summed E-state index contributed by atoms with van der Waals surface area (Å²) in [5.74, 6) is 0.669. The number of hydrogen-bond donors (Lipinski definition) is 1. The Morgan fingerprint density at radius 2 is 2.05 bits per heavy atom. The summed E-state index contributed by atoms with van der Waals surface area (Å²) in [7, 11) is 1.54. The number of anilines is 1. The monoisotopic (exact) mass is 289 g/mol. The minimum atomic E-state index is -0.580. The highest BCUT2D eigenvalue weighted by Gasteiger charge is 2.17. The van der Waals surface area contributed by atoms with Crippen LogP contribution in [0.2, 0.25) is 0 Å². The molecule has 0 saturated carbocycles. The molecule has 0 spiro atoms. The normalized spacial score (nSPS) is 13.6. The van der Waals surface area contributed by atoms with Crippen molar-refractivity contribution in [3.05, 3.63) is 56.4 Å². The predicted octanol–water partition coefficient (Wildman–Crippen LogP) is 0.0440. The van der Waals surface area contributed by atoms with Crippen LogP contribution in [0.3, 0.4) is 0 Å². The van der Waals surface area contributed by atoms with E-state index in [2.05, 4.69) is 0 Å². The van der Waals surface area contributed by atoms with Crippen molar-refractivity contribution in [2.24, 2.45) is 7.05 Å². The molecule has 0 bridgehead atoms. The van der Waals surface area contributed by atoms with E-state index in [-0.39, 0.29) is 13.3 Å². The number of nitrogen functional groups attached to an aromatic ring is 1. The van der Waals surface area contributed by atoms with Crippen LogP contribution < -0.4 is 21.6 Å². The second kappa shape index (κ2) is 5.10. The average molecular weight is 289 g/mol. The summed E-state index contributed by atoms with van der Waals surface area (Å²) in [5.41, 5.74) is 6.87. The summed E-state index contributed by atoms with van der Waals surface area (Å²) in [6.45, 7) is 0.802. The van der Waals surface area contributed by atoms with Gasteiger partial charge in [-0.2, -0.15) is 0 Å². The first-order chi connectivity index (χ1) is 10.1. The molecule has 0 aliphatic carbocycles. The third-order valence-electron chi connectivity index (χ3n) is 3.38. The summed E-state index contributed by atoms with van der Waals surface area (Å²) in [6.07, 6.45) is 3.12. The molecule has 7 heteroatoms. The first-order valence-electron chi connectivity index (χ1n) is 6.44. The molecule has 2 N–H and O–H groups in total. The van der Waals surface area contributed by atoms with Crippen molar-refractivity contribution >= 4 is 5.69 Å². The largest absolute Gasteiger partial charge is 0.467 e. The fourth-order valence-corrected chi connectivity index (χ4v) is 2.34. The molecular weight excluding hydrogens is 274 g/mol. The summed E-state index contributed by atoms with van der Waals surface area (Å²) < 4.78 is 13.3. The smallest absolute Gasteiger partial charge is 0.316 e. The third-order valence-corrected chi connectivity index (χ3v) is 3.38. The van der Waals surface area contributed by atoms with Crippen molar-refractivity contribution in [2.45, 2.75) is 13.2 Å². The Hall–Kier alpha value is -2.54. The molecule has 1 aromatic carbocycles. The SMILES string of the molecule is Cn1ccn(Cc2cc(N)cc3c2OCOC3)c(=O)c1=O. The predicted molar refractivity (Wildman–Crippen MR) is 76.2 cm³/mol. The van der Waals surface area contributed by atoms with Crippen LogP contribution in [0, 0.1) is 0 Å². The lowest BCUT2D eigenvalue weighted by atomic mass is 10.1. The molecule has 21 heavy (non-hydrogen) atoms. The Morgan fingerprint density at radius 1 is 1.24 bits per heavy atom. The van der Waals surface area contributed by atoms with Crippen molar-refractivity contribution in [3.8, 4) is 5.75 Å². The zero-order valence-corrected chi connectivity index (χ0v) is 11.5. The molecule has 0 fully saturated rings. The van der Waals surface area contributed by atoms with Gasteiger partial charge in [0, 0.05) is 36.3 Å². The van der Waals surface area contributed by atoms with E-state index in [0.29, 0.717) is 18.0 Å². The van der Waals surface area contributed by atoms with E-state index >= 15 is 0 Å². The maximum Gasteiger partial charge on any atom is 0.316 e. The highest BCUT2D eigenvalue weighted by atomic mass is 16.7. The molecular formula is C14H15N3O4. The van der Waals surface area contributed by atoms with Gasteiger partial charge >= 0.3 is 11.1 Å². The van der Waals surface area contributed by atoms with Crippen LogP contribution >= 0.6 is 0 Å². The lowest BCUT2D eigenvalue weighted by molar-refractivity contribution is -0.0170. The minimum absolute atomic E-state index is 0.162. The molecule has 0 unspecified atom stereocenters. The van der Waals surface area contributed by atoms with Gasteiger partial charge in [0.2, 0.25) is 0 Å². The van der Waals surface area contributed by atoms with Crippen LogP contribution in [-0.4, -0.2) is 15.9 Å². The number of aromatic nitrogens is 2. The molecule has 2 heterocycles. The Labute approximate surface area is 120 Å². The first kappa shape index (κ1) is 13.4. The molecule has 0 radical (unpaired) electrons. The van der Waals surface area contributed by atoms with E-state index in [1.807, 2.05) is 0 Å². The van der Waals surface area contributed by atoms with Gasteiger partial charge in [0.1, 0.15) is 5.75 Å². The van der Waals surface area contributed by atoms with E-state index in [4.69, 9.17) is 15.2 Å². The topological polar surface area (TPSA) is 88.5 Å². The number of nitrogens with zero attached hydrogens (tertiary/aromatic N) is 2. The van der Waals surface area contributed by atoms with Crippen LogP contribution in [0.1, 0.15) is 11.1 Å². The van der Waals surface area contributed by atoms with E-state index < -0.39 is 11.1 Å². The summed E-state index contributed by atoms with van der Waals surface area (Å²) >= 11 is 0. The molecule has 3 rings (SSSR count). The molecule has 0 saturated heterocycles. The van der Waals surface area contributed by atoms with Crippen LogP contribution in [0.25, 0.3) is 0 Å². The van der Waals surface area contributed by atoms with Gasteiger partial charge in [0.15, 0.2) is 6.79 Å². The lowest BCUT2D eigenvalue weighted by Crippen LogP contribution is -2.39. The minimum Gasteiger partial charge on any atom is -0.467 e. The number of ether oxygens (including phenoxy) is 2. The van der Waals surface area contributed by atoms with Crippen molar-refractivity contribution in [1.82, 2.24) is 9.13 Å². The maximum atomic E-state index is 12.0. The van der Waals surface area contributed by atoms with Gasteiger partial charge in [0.25, 0.3) is 0 Å². The molecule has 110 valence electrons. The van der Waals surface area contributed by atoms with Gasteiger partial charge in [-0.05, 0) is 12.1 Å². The zero-order valence-electron chi connectivity index (χ0n) is 11.5. The highest BCUT2D eigenvalue weighted by Crippen LogP contribution is 2.31. The van der Waals surface area contributed by atoms with Gasteiger partial charge < -0.3 is 24.3 Å². The van der Waals surface area contributed by atoms with E-state index in [1.54, 1.807) is 24.5 Å². The number of hydrogen-bond acceptors (Lipinski definition) is 5. The quantitative estimate of drug-likeness (QED) is 0.623. The Morgan fingerprint density at radius 3 is 2.86 bits per heavy atom. The first-order valence-corrected chi connectivity index (χ1v) is 6.44. The Balaban J connectivity index is 2.07. The van der Waals surface area contributed by atoms with E-state index in [1.165, 1.54) is 16.2 Å². The fraction of sp³-hybridized carbons (Fsp3) is 0.286. The van der Waals surface area contributed by atoms with Gasteiger partial charge in [-0.3, -0.25) is 9.59 Å². The Bertz CT molecular complexity index is 807. The summed E-state index contributed by atoms with van der Waals surface area (Å²) in [4.78, 5) is 23.7. The van der Waals surface area contributed by atoms with Crippen molar-refractivity contribution in [2.75, 3.05) is 12.5 Å². The summed E-state index contributed by atoms with van der Waals surface area (Å²) in [5, 5.41) is 0. The van der Waals surface area contributed by atoms with Crippen LogP contribution in [0.5, 0.6) is 5.75 Å². The van der Waals surface area contributed by atoms with Gasteiger partial charge in [-0.15, -0.1) is 0 Å². The Kier molecular flexibility index (Phi) is 3.26. The van der Waals surface area contributed by atoms with Gasteiger partial charge in [-0.25, -0.2) is 0 Å². The van der Waals surface area contributed by atoms with E-state index in [9.17, 15) is 9.59 Å². The molecule has 1 aromatic heterocycles. The number of benzene rings is 1. The number of fused-ring (bicyclic) bond motifs is 1. The molecule has 2 aromatic rings. The maximum absolute atomic E-state index is 12.0. The second-order valence-corrected chi connectivity index (χ2v) is 4.93. The lowest BCUT2D eigenvalue weighted by Gasteiger charge is -2.21. The molecule has 7 nitrogen and oxygen atoms in total. The van der Waals surface area contributed by atoms with E-state index in [0.717, 1.165) is 11.1 Å². The highest BCUT2D eigenvalue weighted by molar-refractivity contribution is 5.53. The second-order valence-electron chi connectivity index (χ2n) is 4.93. The molecule has 1 aliphatic heterocycles. The molecule has 1 aliphatic rings. The molecule has 0 atom stereocenters. The van der Waals surface area contributed by atoms with Crippen LogP contribution in [-0.2, 0) is 24.9 Å². The summed E-state index contributed by atoms with van der Waals surface area (Å²) in [6, 6.07) is 3.53. The fourth-order valence-electron chi connectivity index (χ4n) is 2.34. The van der Waals surface area contributed by atoms with Crippen molar-refractivity contribution in [1.29, 1.82) is 0 Å². The molecule has 0 amide bonds. The van der Waals surface area contributed by atoms with Crippen molar-refractivity contribution in [3.63, 3.8) is 0 Å². The zero-order chi connectivity index (χ0) is 15.0. The standard InChI is InChI=1S/C14H15N3O4/c1-16-2-3-17(14(19)13(16)18)6-9-4-11(15)5-10-7-20-8-21-12(9)10/h2-5H,6-8,15H2,1H3. The van der Waals surface area contributed by atoms with Crippen molar-refractivity contribution < 1.29 is 9.47 Å². The third kappa shape index (κ3) is 2.43. The van der Waals surface area contributed by atoms with Crippen LogP contribution in [0.15, 0.2) is 34.1 Å². The number of rotatable bonds is 2. The van der Waals surface area contributed by atoms with Crippen LogP contribution in [0.4, 0.5) is 5.69 Å².